The van der Waals surface area contributed by atoms with Crippen molar-refractivity contribution in [3.63, 3.8) is 0 Å². The van der Waals surface area contributed by atoms with Crippen LogP contribution in [0.1, 0.15) is 44.1 Å². The number of carbonyl (C=O) groups is 1. The highest BCUT2D eigenvalue weighted by atomic mass is 16.5. The minimum Gasteiger partial charge on any atom is -0.497 e. The van der Waals surface area contributed by atoms with Crippen LogP contribution < -0.4 is 20.5 Å². The SMILES string of the molecule is CCCCCC(CNC(N)=O)c1cc(OC)ccc1OC. The Balaban J connectivity index is 2.95. The molecule has 0 aromatic heterocycles. The first-order chi connectivity index (χ1) is 10.1. The van der Waals surface area contributed by atoms with Crippen LogP contribution in [-0.2, 0) is 0 Å². The zero-order valence-corrected chi connectivity index (χ0v) is 13.1. The van der Waals surface area contributed by atoms with Crippen molar-refractivity contribution < 1.29 is 14.3 Å². The van der Waals surface area contributed by atoms with Gasteiger partial charge in [-0.3, -0.25) is 0 Å². The van der Waals surface area contributed by atoms with Crippen LogP contribution in [0, 0.1) is 0 Å². The van der Waals surface area contributed by atoms with Crippen molar-refractivity contribution in [3.05, 3.63) is 23.8 Å². The molecule has 0 saturated heterocycles. The number of nitrogens with two attached hydrogens (primary N) is 1. The van der Waals surface area contributed by atoms with E-state index >= 15 is 0 Å². The third-order valence-electron chi connectivity index (χ3n) is 3.56. The van der Waals surface area contributed by atoms with Crippen molar-refractivity contribution in [3.8, 4) is 11.5 Å². The van der Waals surface area contributed by atoms with E-state index in [4.69, 9.17) is 15.2 Å². The molecule has 3 N–H and O–H groups in total. The average molecular weight is 294 g/mol. The fourth-order valence-corrected chi connectivity index (χ4v) is 2.39. The van der Waals surface area contributed by atoms with Gasteiger partial charge in [0.25, 0.3) is 0 Å². The summed E-state index contributed by atoms with van der Waals surface area (Å²) in [4.78, 5) is 11.0. The molecule has 0 aliphatic carbocycles. The Morgan fingerprint density at radius 3 is 2.62 bits per heavy atom. The monoisotopic (exact) mass is 294 g/mol. The number of hydrogen-bond acceptors (Lipinski definition) is 3. The lowest BCUT2D eigenvalue weighted by Gasteiger charge is -2.21. The normalized spacial score (nSPS) is 11.8. The molecule has 1 rings (SSSR count). The van der Waals surface area contributed by atoms with Gasteiger partial charge in [0.2, 0.25) is 0 Å². The number of nitrogens with one attached hydrogen (secondary N) is 1. The largest absolute Gasteiger partial charge is 0.497 e. The maximum atomic E-state index is 11.0. The van der Waals surface area contributed by atoms with Crippen LogP contribution in [0.25, 0.3) is 0 Å². The van der Waals surface area contributed by atoms with Crippen molar-refractivity contribution in [1.29, 1.82) is 0 Å². The van der Waals surface area contributed by atoms with Gasteiger partial charge in [-0.25, -0.2) is 4.79 Å². The Labute approximate surface area is 126 Å². The molecule has 2 amide bonds. The molecule has 0 aliphatic heterocycles. The van der Waals surface area contributed by atoms with Gasteiger partial charge in [-0.05, 0) is 24.6 Å². The summed E-state index contributed by atoms with van der Waals surface area (Å²) in [5.74, 6) is 1.75. The van der Waals surface area contributed by atoms with E-state index in [-0.39, 0.29) is 5.92 Å². The molecule has 0 aliphatic rings. The summed E-state index contributed by atoms with van der Waals surface area (Å²) >= 11 is 0. The maximum Gasteiger partial charge on any atom is 0.312 e. The van der Waals surface area contributed by atoms with Gasteiger partial charge in [0.15, 0.2) is 0 Å². The van der Waals surface area contributed by atoms with Crippen LogP contribution in [0.3, 0.4) is 0 Å². The van der Waals surface area contributed by atoms with Crippen molar-refractivity contribution >= 4 is 6.03 Å². The minimum atomic E-state index is -0.502. The third-order valence-corrected chi connectivity index (χ3v) is 3.56. The molecule has 1 unspecified atom stereocenters. The van der Waals surface area contributed by atoms with E-state index in [1.54, 1.807) is 14.2 Å². The lowest BCUT2D eigenvalue weighted by atomic mass is 9.92. The Hall–Kier alpha value is -1.91. The summed E-state index contributed by atoms with van der Waals surface area (Å²) < 4.78 is 10.7. The number of primary amides is 1. The number of rotatable bonds is 9. The number of benzene rings is 1. The number of amides is 2. The number of unbranched alkanes of at least 4 members (excludes halogenated alkanes) is 2. The molecule has 5 heteroatoms. The van der Waals surface area contributed by atoms with E-state index in [1.807, 2.05) is 18.2 Å². The molecule has 0 radical (unpaired) electrons. The Morgan fingerprint density at radius 2 is 2.05 bits per heavy atom. The lowest BCUT2D eigenvalue weighted by molar-refractivity contribution is 0.248. The van der Waals surface area contributed by atoms with E-state index < -0.39 is 6.03 Å². The second kappa shape index (κ2) is 9.10. The number of carbonyl (C=O) groups excluding carboxylic acids is 1. The number of ether oxygens (including phenoxy) is 2. The fraction of sp³-hybridized carbons (Fsp3) is 0.562. The molecular formula is C16H26N2O3. The fourth-order valence-electron chi connectivity index (χ4n) is 2.39. The lowest BCUT2D eigenvalue weighted by Crippen LogP contribution is -2.33. The van der Waals surface area contributed by atoms with Crippen LogP contribution in [0.4, 0.5) is 4.79 Å². The highest BCUT2D eigenvalue weighted by Gasteiger charge is 2.17. The first-order valence-corrected chi connectivity index (χ1v) is 7.37. The molecule has 0 fully saturated rings. The smallest absolute Gasteiger partial charge is 0.312 e. The van der Waals surface area contributed by atoms with Gasteiger partial charge in [-0.2, -0.15) is 0 Å². The van der Waals surface area contributed by atoms with Crippen LogP contribution in [0.5, 0.6) is 11.5 Å². The van der Waals surface area contributed by atoms with Gasteiger partial charge in [-0.1, -0.05) is 26.2 Å². The number of methoxy groups -OCH3 is 2. The van der Waals surface area contributed by atoms with Gasteiger partial charge in [0, 0.05) is 18.0 Å². The number of hydrogen-bond donors (Lipinski definition) is 2. The molecule has 0 saturated carbocycles. The molecular weight excluding hydrogens is 268 g/mol. The summed E-state index contributed by atoms with van der Waals surface area (Å²) in [5.41, 5.74) is 6.24. The predicted octanol–water partition coefficient (Wildman–Crippen LogP) is 3.04. The van der Waals surface area contributed by atoms with E-state index in [0.29, 0.717) is 6.54 Å². The van der Waals surface area contributed by atoms with Crippen LogP contribution in [0.2, 0.25) is 0 Å². The number of urea groups is 1. The van der Waals surface area contributed by atoms with Gasteiger partial charge in [-0.15, -0.1) is 0 Å². The van der Waals surface area contributed by atoms with Crippen LogP contribution in [0.15, 0.2) is 18.2 Å². The minimum absolute atomic E-state index is 0.161. The summed E-state index contributed by atoms with van der Waals surface area (Å²) in [6.07, 6.45) is 4.39. The molecule has 1 atom stereocenters. The average Bonchev–Trinajstić information content (AvgIpc) is 2.49. The van der Waals surface area contributed by atoms with E-state index in [0.717, 1.165) is 36.3 Å². The molecule has 0 bridgehead atoms. The Morgan fingerprint density at radius 1 is 1.29 bits per heavy atom. The molecule has 5 nitrogen and oxygen atoms in total. The highest BCUT2D eigenvalue weighted by molar-refractivity contribution is 5.71. The van der Waals surface area contributed by atoms with E-state index in [9.17, 15) is 4.79 Å². The second-order valence-electron chi connectivity index (χ2n) is 5.05. The third kappa shape index (κ3) is 5.53. The Kier molecular flexibility index (Phi) is 7.43. The van der Waals surface area contributed by atoms with Crippen LogP contribution >= 0.6 is 0 Å². The molecule has 21 heavy (non-hydrogen) atoms. The molecule has 0 spiro atoms. The molecule has 0 heterocycles. The van der Waals surface area contributed by atoms with Gasteiger partial charge in [0.05, 0.1) is 14.2 Å². The summed E-state index contributed by atoms with van der Waals surface area (Å²) in [7, 11) is 3.29. The Bertz CT molecular complexity index is 449. The molecule has 118 valence electrons. The summed E-state index contributed by atoms with van der Waals surface area (Å²) in [6, 6.07) is 5.23. The van der Waals surface area contributed by atoms with E-state index in [1.165, 1.54) is 6.42 Å². The first-order valence-electron chi connectivity index (χ1n) is 7.37. The predicted molar refractivity (Wildman–Crippen MR) is 84.0 cm³/mol. The zero-order valence-electron chi connectivity index (χ0n) is 13.1. The maximum absolute atomic E-state index is 11.0. The zero-order chi connectivity index (χ0) is 15.7. The van der Waals surface area contributed by atoms with Gasteiger partial charge in [0.1, 0.15) is 11.5 Å². The van der Waals surface area contributed by atoms with E-state index in [2.05, 4.69) is 12.2 Å². The first kappa shape index (κ1) is 17.1. The quantitative estimate of drug-likeness (QED) is 0.687. The summed E-state index contributed by atoms with van der Waals surface area (Å²) in [6.45, 7) is 2.67. The topological polar surface area (TPSA) is 73.6 Å². The molecule has 1 aromatic rings. The standard InChI is InChI=1S/C16H26N2O3/c1-4-5-6-7-12(11-18-16(17)19)14-10-13(20-2)8-9-15(14)21-3/h8-10,12H,4-7,11H2,1-3H3,(H3,17,18,19). The van der Waals surface area contributed by atoms with Crippen molar-refractivity contribution in [2.24, 2.45) is 5.73 Å². The highest BCUT2D eigenvalue weighted by Crippen LogP contribution is 2.33. The molecule has 1 aromatic carbocycles. The van der Waals surface area contributed by atoms with Crippen LogP contribution in [-0.4, -0.2) is 26.8 Å². The van der Waals surface area contributed by atoms with Crippen molar-refractivity contribution in [1.82, 2.24) is 5.32 Å². The van der Waals surface area contributed by atoms with Gasteiger partial charge >= 0.3 is 6.03 Å². The second-order valence-corrected chi connectivity index (χ2v) is 5.05. The summed E-state index contributed by atoms with van der Waals surface area (Å²) in [5, 5.41) is 2.70. The van der Waals surface area contributed by atoms with Crippen molar-refractivity contribution in [2.75, 3.05) is 20.8 Å². The van der Waals surface area contributed by atoms with Crippen molar-refractivity contribution in [2.45, 2.75) is 38.5 Å². The van der Waals surface area contributed by atoms with Gasteiger partial charge < -0.3 is 20.5 Å².